The van der Waals surface area contributed by atoms with Gasteiger partial charge in [0.15, 0.2) is 5.69 Å². The standard InChI is InChI=1S/C24H23N3O5S/c28-21(26-12-22-27-20(14-33-22)23(29)30)10-5-11-25-24(31)32-13-19-17-8-3-1-6-15(17)16-7-2-4-9-18(16)19/h1-4,6-9,14,19H,5,10-13H2,(H,25,31)(H,26,28)(H,29,30). The van der Waals surface area contributed by atoms with Crippen LogP contribution < -0.4 is 10.6 Å². The number of carbonyl (C=O) groups excluding carboxylic acids is 2. The number of rotatable bonds is 9. The highest BCUT2D eigenvalue weighted by atomic mass is 32.1. The van der Waals surface area contributed by atoms with Crippen LogP contribution in [0.3, 0.4) is 0 Å². The monoisotopic (exact) mass is 465 g/mol. The van der Waals surface area contributed by atoms with Gasteiger partial charge in [-0.05, 0) is 28.7 Å². The Morgan fingerprint density at radius 3 is 2.30 bits per heavy atom. The topological polar surface area (TPSA) is 118 Å². The van der Waals surface area contributed by atoms with E-state index in [0.29, 0.717) is 18.0 Å². The number of carboxylic acid groups (broad SMARTS) is 1. The summed E-state index contributed by atoms with van der Waals surface area (Å²) in [5.41, 5.74) is 4.62. The predicted octanol–water partition coefficient (Wildman–Crippen LogP) is 3.78. The van der Waals surface area contributed by atoms with E-state index in [9.17, 15) is 14.4 Å². The number of aromatic nitrogens is 1. The van der Waals surface area contributed by atoms with Crippen molar-refractivity contribution in [1.82, 2.24) is 15.6 Å². The first kappa shape index (κ1) is 22.5. The van der Waals surface area contributed by atoms with Crippen molar-refractivity contribution < 1.29 is 24.2 Å². The van der Waals surface area contributed by atoms with Crippen molar-refractivity contribution in [2.45, 2.75) is 25.3 Å². The molecule has 170 valence electrons. The van der Waals surface area contributed by atoms with Crippen molar-refractivity contribution in [3.05, 3.63) is 75.7 Å². The quantitative estimate of drug-likeness (QED) is 0.414. The van der Waals surface area contributed by atoms with Gasteiger partial charge in [-0.3, -0.25) is 4.79 Å². The highest BCUT2D eigenvalue weighted by Crippen LogP contribution is 2.44. The Morgan fingerprint density at radius 2 is 1.67 bits per heavy atom. The molecule has 1 aliphatic carbocycles. The number of hydrogen-bond acceptors (Lipinski definition) is 6. The largest absolute Gasteiger partial charge is 0.476 e. The van der Waals surface area contributed by atoms with Crippen LogP contribution in [0.5, 0.6) is 0 Å². The van der Waals surface area contributed by atoms with Gasteiger partial charge in [0.25, 0.3) is 0 Å². The van der Waals surface area contributed by atoms with Gasteiger partial charge in [0.1, 0.15) is 11.6 Å². The lowest BCUT2D eigenvalue weighted by Crippen LogP contribution is -2.28. The number of carboxylic acids is 1. The first-order valence-corrected chi connectivity index (χ1v) is 11.4. The summed E-state index contributed by atoms with van der Waals surface area (Å²) in [7, 11) is 0. The minimum atomic E-state index is -1.09. The molecule has 4 rings (SSSR count). The molecule has 1 aliphatic rings. The maximum Gasteiger partial charge on any atom is 0.407 e. The van der Waals surface area contributed by atoms with E-state index in [1.54, 1.807) is 0 Å². The molecular formula is C24H23N3O5S. The second-order valence-corrected chi connectivity index (χ2v) is 8.51. The van der Waals surface area contributed by atoms with Gasteiger partial charge in [-0.2, -0.15) is 0 Å². The molecule has 1 heterocycles. The molecule has 0 radical (unpaired) electrons. The highest BCUT2D eigenvalue weighted by molar-refractivity contribution is 7.09. The Balaban J connectivity index is 1.17. The zero-order valence-corrected chi connectivity index (χ0v) is 18.6. The summed E-state index contributed by atoms with van der Waals surface area (Å²) in [4.78, 5) is 38.8. The zero-order chi connectivity index (χ0) is 23.2. The highest BCUT2D eigenvalue weighted by Gasteiger charge is 2.28. The van der Waals surface area contributed by atoms with Crippen LogP contribution in [0, 0.1) is 0 Å². The molecule has 9 heteroatoms. The number of amides is 2. The van der Waals surface area contributed by atoms with Crippen LogP contribution in [0.2, 0.25) is 0 Å². The van der Waals surface area contributed by atoms with Crippen molar-refractivity contribution in [1.29, 1.82) is 0 Å². The van der Waals surface area contributed by atoms with Crippen LogP contribution in [-0.2, 0) is 16.1 Å². The number of benzene rings is 2. The number of thiazole rings is 1. The Hall–Kier alpha value is -3.72. The average molecular weight is 466 g/mol. The number of hydrogen-bond donors (Lipinski definition) is 3. The van der Waals surface area contributed by atoms with E-state index < -0.39 is 12.1 Å². The molecule has 1 aromatic heterocycles. The van der Waals surface area contributed by atoms with Crippen molar-refractivity contribution >= 4 is 29.3 Å². The molecule has 0 saturated heterocycles. The maximum absolute atomic E-state index is 12.1. The van der Waals surface area contributed by atoms with Crippen LogP contribution in [-0.4, -0.2) is 41.2 Å². The van der Waals surface area contributed by atoms with E-state index in [2.05, 4.69) is 39.9 Å². The fraction of sp³-hybridized carbons (Fsp3) is 0.250. The van der Waals surface area contributed by atoms with Gasteiger partial charge < -0.3 is 20.5 Å². The molecule has 8 nitrogen and oxygen atoms in total. The molecule has 0 fully saturated rings. The molecule has 0 bridgehead atoms. The third-order valence-electron chi connectivity index (χ3n) is 5.40. The number of fused-ring (bicyclic) bond motifs is 3. The van der Waals surface area contributed by atoms with E-state index >= 15 is 0 Å². The minimum absolute atomic E-state index is 0.00133. The molecule has 33 heavy (non-hydrogen) atoms. The summed E-state index contributed by atoms with van der Waals surface area (Å²) < 4.78 is 5.47. The third-order valence-corrected chi connectivity index (χ3v) is 6.25. The normalized spacial score (nSPS) is 12.0. The van der Waals surface area contributed by atoms with E-state index in [0.717, 1.165) is 11.1 Å². The summed E-state index contributed by atoms with van der Waals surface area (Å²) in [6.07, 6.45) is 0.163. The number of nitrogens with one attached hydrogen (secondary N) is 2. The second-order valence-electron chi connectivity index (χ2n) is 7.56. The predicted molar refractivity (Wildman–Crippen MR) is 123 cm³/mol. The van der Waals surface area contributed by atoms with Gasteiger partial charge >= 0.3 is 12.1 Å². The first-order valence-electron chi connectivity index (χ1n) is 10.6. The molecule has 2 aromatic carbocycles. The van der Waals surface area contributed by atoms with Gasteiger partial charge in [0, 0.05) is 24.3 Å². The van der Waals surface area contributed by atoms with Gasteiger partial charge in [-0.15, -0.1) is 11.3 Å². The summed E-state index contributed by atoms with van der Waals surface area (Å²) >= 11 is 1.18. The molecule has 3 N–H and O–H groups in total. The number of nitrogens with zero attached hydrogens (tertiary/aromatic N) is 1. The van der Waals surface area contributed by atoms with Crippen LogP contribution in [0.15, 0.2) is 53.9 Å². The number of ether oxygens (including phenoxy) is 1. The van der Waals surface area contributed by atoms with Gasteiger partial charge in [0.05, 0.1) is 6.54 Å². The fourth-order valence-electron chi connectivity index (χ4n) is 3.84. The fourth-order valence-corrected chi connectivity index (χ4v) is 4.55. The average Bonchev–Trinajstić information content (AvgIpc) is 3.42. The third kappa shape index (κ3) is 5.38. The van der Waals surface area contributed by atoms with Crippen LogP contribution in [0.4, 0.5) is 4.79 Å². The minimum Gasteiger partial charge on any atom is -0.476 e. The van der Waals surface area contributed by atoms with Gasteiger partial charge in [0.2, 0.25) is 5.91 Å². The van der Waals surface area contributed by atoms with E-state index in [4.69, 9.17) is 9.84 Å². The van der Waals surface area contributed by atoms with Crippen LogP contribution in [0.25, 0.3) is 11.1 Å². The molecular weight excluding hydrogens is 442 g/mol. The lowest BCUT2D eigenvalue weighted by atomic mass is 9.98. The first-order chi connectivity index (χ1) is 16.0. The van der Waals surface area contributed by atoms with Crippen LogP contribution >= 0.6 is 11.3 Å². The Bertz CT molecular complexity index is 1130. The van der Waals surface area contributed by atoms with E-state index in [1.807, 2.05) is 24.3 Å². The zero-order valence-electron chi connectivity index (χ0n) is 17.7. The van der Waals surface area contributed by atoms with Crippen molar-refractivity contribution in [2.75, 3.05) is 13.2 Å². The van der Waals surface area contributed by atoms with Crippen molar-refractivity contribution in [3.8, 4) is 11.1 Å². The molecule has 0 aliphatic heterocycles. The Morgan fingerprint density at radius 1 is 1.00 bits per heavy atom. The SMILES string of the molecule is O=C(CCCNC(=O)OCC1c2ccccc2-c2ccccc21)NCc1nc(C(=O)O)cs1. The van der Waals surface area contributed by atoms with Gasteiger partial charge in [-0.25, -0.2) is 14.6 Å². The molecule has 0 saturated carbocycles. The van der Waals surface area contributed by atoms with Crippen molar-refractivity contribution in [2.24, 2.45) is 0 Å². The molecule has 0 unspecified atom stereocenters. The van der Waals surface area contributed by atoms with Crippen LogP contribution in [0.1, 0.15) is 45.4 Å². The Kier molecular flexibility index (Phi) is 6.99. The van der Waals surface area contributed by atoms with E-state index in [1.165, 1.54) is 27.8 Å². The summed E-state index contributed by atoms with van der Waals surface area (Å²) in [6.45, 7) is 0.730. The molecule has 0 atom stereocenters. The van der Waals surface area contributed by atoms with Gasteiger partial charge in [-0.1, -0.05) is 48.5 Å². The summed E-state index contributed by atoms with van der Waals surface area (Å²) in [5.74, 6) is -1.29. The second kappa shape index (κ2) is 10.3. The lowest BCUT2D eigenvalue weighted by Gasteiger charge is -2.14. The molecule has 3 aromatic rings. The number of aromatic carboxylic acids is 1. The number of carbonyl (C=O) groups is 3. The maximum atomic E-state index is 12.1. The summed E-state index contributed by atoms with van der Waals surface area (Å²) in [5, 5.41) is 16.2. The molecule has 2 amide bonds. The molecule has 0 spiro atoms. The summed E-state index contributed by atoms with van der Waals surface area (Å²) in [6, 6.07) is 16.3. The lowest BCUT2D eigenvalue weighted by molar-refractivity contribution is -0.121. The number of alkyl carbamates (subject to hydrolysis) is 1. The smallest absolute Gasteiger partial charge is 0.407 e. The Labute approximate surface area is 194 Å². The van der Waals surface area contributed by atoms with Crippen molar-refractivity contribution in [3.63, 3.8) is 0 Å². The van der Waals surface area contributed by atoms with E-state index in [-0.39, 0.29) is 37.1 Å².